The van der Waals surface area contributed by atoms with Gasteiger partial charge in [-0.1, -0.05) is 45.0 Å². The Bertz CT molecular complexity index is 880. The van der Waals surface area contributed by atoms with Crippen molar-refractivity contribution < 1.29 is 19.4 Å². The zero-order chi connectivity index (χ0) is 19.6. The van der Waals surface area contributed by atoms with Crippen LogP contribution in [0.5, 0.6) is 5.75 Å². The summed E-state index contributed by atoms with van der Waals surface area (Å²) in [5.41, 5.74) is 2.04. The van der Waals surface area contributed by atoms with E-state index < -0.39 is 17.6 Å². The Morgan fingerprint density at radius 2 is 1.59 bits per heavy atom. The summed E-state index contributed by atoms with van der Waals surface area (Å²) >= 11 is 0. The molecule has 0 fully saturated rings. The molecule has 1 heterocycles. The first-order valence-electron chi connectivity index (χ1n) is 9.09. The standard InChI is InChI=1S/C22H23NO4/c1-4-13-27-18-11-7-16(8-12-18)19-20(24)22(26)23(21(19)25)17-9-5-15(6-10-17)14(2)3/h5-12,14,24H,4,13H2,1-3H3. The van der Waals surface area contributed by atoms with Crippen LogP contribution in [0.3, 0.4) is 0 Å². The van der Waals surface area contributed by atoms with E-state index in [2.05, 4.69) is 13.8 Å². The summed E-state index contributed by atoms with van der Waals surface area (Å²) in [6.07, 6.45) is 0.894. The van der Waals surface area contributed by atoms with E-state index in [1.807, 2.05) is 19.1 Å². The molecule has 0 saturated heterocycles. The lowest BCUT2D eigenvalue weighted by Gasteiger charge is -2.16. The minimum atomic E-state index is -0.710. The maximum atomic E-state index is 12.9. The van der Waals surface area contributed by atoms with Crippen molar-refractivity contribution in [2.45, 2.75) is 33.1 Å². The van der Waals surface area contributed by atoms with Gasteiger partial charge in [0.25, 0.3) is 5.91 Å². The smallest absolute Gasteiger partial charge is 0.301 e. The van der Waals surface area contributed by atoms with Crippen molar-refractivity contribution in [1.29, 1.82) is 0 Å². The van der Waals surface area contributed by atoms with Crippen molar-refractivity contribution in [3.8, 4) is 5.75 Å². The molecule has 1 aliphatic rings. The van der Waals surface area contributed by atoms with Gasteiger partial charge in [0.2, 0.25) is 0 Å². The molecule has 5 heteroatoms. The minimum Gasteiger partial charge on any atom is -0.502 e. The molecule has 0 saturated carbocycles. The third kappa shape index (κ3) is 3.58. The van der Waals surface area contributed by atoms with Gasteiger partial charge in [-0.25, -0.2) is 4.90 Å². The summed E-state index contributed by atoms with van der Waals surface area (Å²) in [5.74, 6) is -0.746. The van der Waals surface area contributed by atoms with Crippen LogP contribution in [-0.2, 0) is 9.59 Å². The molecule has 2 aromatic carbocycles. The lowest BCUT2D eigenvalue weighted by molar-refractivity contribution is -0.121. The Balaban J connectivity index is 1.87. The highest BCUT2D eigenvalue weighted by Gasteiger charge is 2.40. The lowest BCUT2D eigenvalue weighted by atomic mass is 10.0. The second-order valence-electron chi connectivity index (χ2n) is 6.79. The Morgan fingerprint density at radius 1 is 0.963 bits per heavy atom. The Morgan fingerprint density at radius 3 is 2.15 bits per heavy atom. The van der Waals surface area contributed by atoms with E-state index in [1.165, 1.54) is 0 Å². The number of hydrogen-bond donors (Lipinski definition) is 1. The van der Waals surface area contributed by atoms with Gasteiger partial charge in [-0.2, -0.15) is 0 Å². The van der Waals surface area contributed by atoms with Crippen LogP contribution in [0.15, 0.2) is 54.3 Å². The number of carbonyl (C=O) groups is 2. The molecule has 5 nitrogen and oxygen atoms in total. The lowest BCUT2D eigenvalue weighted by Crippen LogP contribution is -2.31. The summed E-state index contributed by atoms with van der Waals surface area (Å²) in [7, 11) is 0. The summed E-state index contributed by atoms with van der Waals surface area (Å²) < 4.78 is 5.53. The van der Waals surface area contributed by atoms with Gasteiger partial charge in [-0.3, -0.25) is 9.59 Å². The topological polar surface area (TPSA) is 66.8 Å². The molecule has 0 aromatic heterocycles. The van der Waals surface area contributed by atoms with Gasteiger partial charge in [0.1, 0.15) is 5.75 Å². The van der Waals surface area contributed by atoms with Gasteiger partial charge >= 0.3 is 5.91 Å². The predicted octanol–water partition coefficient (Wildman–Crippen LogP) is 4.44. The Labute approximate surface area is 158 Å². The fourth-order valence-electron chi connectivity index (χ4n) is 2.96. The second kappa shape index (κ2) is 7.66. The molecule has 0 bridgehead atoms. The molecular formula is C22H23NO4. The molecule has 0 spiro atoms. The zero-order valence-corrected chi connectivity index (χ0v) is 15.7. The number of rotatable bonds is 6. The summed E-state index contributed by atoms with van der Waals surface area (Å²) in [5, 5.41) is 10.3. The third-order valence-corrected chi connectivity index (χ3v) is 4.49. The molecule has 27 heavy (non-hydrogen) atoms. The van der Waals surface area contributed by atoms with Crippen LogP contribution in [0.4, 0.5) is 5.69 Å². The zero-order valence-electron chi connectivity index (χ0n) is 15.7. The number of carbonyl (C=O) groups excluding carboxylic acids is 2. The summed E-state index contributed by atoms with van der Waals surface area (Å²) in [4.78, 5) is 26.4. The first-order chi connectivity index (χ1) is 12.9. The van der Waals surface area contributed by atoms with Crippen molar-refractivity contribution >= 4 is 23.1 Å². The highest BCUT2D eigenvalue weighted by molar-refractivity contribution is 6.44. The van der Waals surface area contributed by atoms with Crippen LogP contribution < -0.4 is 9.64 Å². The van der Waals surface area contributed by atoms with E-state index in [0.717, 1.165) is 16.9 Å². The molecular weight excluding hydrogens is 342 g/mol. The predicted molar refractivity (Wildman–Crippen MR) is 105 cm³/mol. The van der Waals surface area contributed by atoms with E-state index in [1.54, 1.807) is 36.4 Å². The molecule has 3 rings (SSSR count). The van der Waals surface area contributed by atoms with Crippen molar-refractivity contribution in [1.82, 2.24) is 0 Å². The number of aliphatic hydroxyl groups is 1. The number of nitrogens with zero attached hydrogens (tertiary/aromatic N) is 1. The van der Waals surface area contributed by atoms with Crippen LogP contribution in [0, 0.1) is 0 Å². The third-order valence-electron chi connectivity index (χ3n) is 4.49. The van der Waals surface area contributed by atoms with Gasteiger partial charge in [0, 0.05) is 0 Å². The van der Waals surface area contributed by atoms with Gasteiger partial charge in [-0.15, -0.1) is 0 Å². The molecule has 140 valence electrons. The van der Waals surface area contributed by atoms with Gasteiger partial charge in [-0.05, 0) is 47.7 Å². The first kappa shape index (κ1) is 18.7. The van der Waals surface area contributed by atoms with Crippen LogP contribution in [0.2, 0.25) is 0 Å². The van der Waals surface area contributed by atoms with Crippen LogP contribution in [0.25, 0.3) is 5.57 Å². The first-order valence-corrected chi connectivity index (χ1v) is 9.09. The molecule has 0 aliphatic carbocycles. The molecule has 1 N–H and O–H groups in total. The highest BCUT2D eigenvalue weighted by atomic mass is 16.5. The number of hydrogen-bond acceptors (Lipinski definition) is 4. The molecule has 0 atom stereocenters. The average Bonchev–Trinajstić information content (AvgIpc) is 2.89. The fraction of sp³-hybridized carbons (Fsp3) is 0.273. The number of imide groups is 1. The maximum Gasteiger partial charge on any atom is 0.301 e. The van der Waals surface area contributed by atoms with E-state index >= 15 is 0 Å². The number of amides is 2. The van der Waals surface area contributed by atoms with Crippen LogP contribution in [0.1, 0.15) is 44.2 Å². The Hall–Kier alpha value is -3.08. The van der Waals surface area contributed by atoms with E-state index in [0.29, 0.717) is 29.5 Å². The fourth-order valence-corrected chi connectivity index (χ4v) is 2.96. The average molecular weight is 365 g/mol. The van der Waals surface area contributed by atoms with Crippen molar-refractivity contribution in [3.05, 3.63) is 65.4 Å². The monoisotopic (exact) mass is 365 g/mol. The van der Waals surface area contributed by atoms with Crippen LogP contribution >= 0.6 is 0 Å². The minimum absolute atomic E-state index is 0.00924. The van der Waals surface area contributed by atoms with Gasteiger partial charge in [0.05, 0.1) is 17.9 Å². The summed E-state index contributed by atoms with van der Waals surface area (Å²) in [6.45, 7) is 6.76. The number of ether oxygens (including phenoxy) is 1. The van der Waals surface area contributed by atoms with Crippen molar-refractivity contribution in [2.24, 2.45) is 0 Å². The van der Waals surface area contributed by atoms with Crippen molar-refractivity contribution in [3.63, 3.8) is 0 Å². The summed E-state index contributed by atoms with van der Waals surface area (Å²) in [6, 6.07) is 14.0. The van der Waals surface area contributed by atoms with Crippen LogP contribution in [-0.4, -0.2) is 23.5 Å². The molecule has 0 radical (unpaired) electrons. The Kier molecular flexibility index (Phi) is 5.31. The van der Waals surface area contributed by atoms with Gasteiger partial charge < -0.3 is 9.84 Å². The van der Waals surface area contributed by atoms with E-state index in [9.17, 15) is 14.7 Å². The second-order valence-corrected chi connectivity index (χ2v) is 6.79. The number of anilines is 1. The number of benzene rings is 2. The normalized spacial score (nSPS) is 14.4. The molecule has 0 unspecified atom stereocenters. The molecule has 2 aromatic rings. The molecule has 2 amide bonds. The molecule has 1 aliphatic heterocycles. The maximum absolute atomic E-state index is 12.9. The van der Waals surface area contributed by atoms with Gasteiger partial charge in [0.15, 0.2) is 5.76 Å². The van der Waals surface area contributed by atoms with E-state index in [4.69, 9.17) is 4.74 Å². The van der Waals surface area contributed by atoms with Crippen molar-refractivity contribution in [2.75, 3.05) is 11.5 Å². The number of aliphatic hydroxyl groups excluding tert-OH is 1. The van der Waals surface area contributed by atoms with E-state index in [-0.39, 0.29) is 5.57 Å². The quantitative estimate of drug-likeness (QED) is 0.769. The SMILES string of the molecule is CCCOc1ccc(C2=C(O)C(=O)N(c3ccc(C(C)C)cc3)C2=O)cc1. The largest absolute Gasteiger partial charge is 0.502 e. The highest BCUT2D eigenvalue weighted by Crippen LogP contribution is 2.33.